The third-order valence-corrected chi connectivity index (χ3v) is 7.15. The molecule has 3 N–H and O–H groups in total. The summed E-state index contributed by atoms with van der Waals surface area (Å²) in [7, 11) is 0. The number of amides is 1. The van der Waals surface area contributed by atoms with Crippen molar-refractivity contribution in [2.75, 3.05) is 16.0 Å². The smallest absolute Gasteiger partial charge is 0.312 e. The first-order chi connectivity index (χ1) is 17.9. The summed E-state index contributed by atoms with van der Waals surface area (Å²) in [4.78, 5) is 41.6. The van der Waals surface area contributed by atoms with Crippen molar-refractivity contribution in [1.29, 1.82) is 0 Å². The van der Waals surface area contributed by atoms with E-state index in [1.54, 1.807) is 4.90 Å². The Bertz CT molecular complexity index is 1420. The van der Waals surface area contributed by atoms with E-state index in [1.807, 2.05) is 79.9 Å². The van der Waals surface area contributed by atoms with Crippen LogP contribution in [0, 0.1) is 19.8 Å². The number of ether oxygens (including phenoxy) is 1. The van der Waals surface area contributed by atoms with E-state index in [1.165, 1.54) is 11.3 Å². The second kappa shape index (κ2) is 10.4. The SMILES string of the molecule is Cc1ccc(N2C(=O)C[C@@H](C(=O)OCc3nc(N)nc(Nc4ccccc4C)n3)[C@H]2c2cccs2)cc1. The van der Waals surface area contributed by atoms with Crippen LogP contribution in [0.1, 0.15) is 34.3 Å². The molecule has 37 heavy (non-hydrogen) atoms. The summed E-state index contributed by atoms with van der Waals surface area (Å²) < 4.78 is 5.63. The predicted molar refractivity (Wildman–Crippen MR) is 142 cm³/mol. The molecule has 0 bridgehead atoms. The number of anilines is 4. The Morgan fingerprint density at radius 1 is 1.08 bits per heavy atom. The van der Waals surface area contributed by atoms with Crippen molar-refractivity contribution in [3.63, 3.8) is 0 Å². The average Bonchev–Trinajstić information content (AvgIpc) is 3.52. The maximum absolute atomic E-state index is 13.3. The van der Waals surface area contributed by atoms with Gasteiger partial charge in [0, 0.05) is 22.7 Å². The number of nitrogens with zero attached hydrogens (tertiary/aromatic N) is 4. The molecule has 4 aromatic rings. The molecule has 188 valence electrons. The molecule has 0 saturated carbocycles. The number of esters is 1. The van der Waals surface area contributed by atoms with Gasteiger partial charge in [0.15, 0.2) is 12.4 Å². The monoisotopic (exact) mass is 514 g/mol. The molecule has 10 heteroatoms. The Morgan fingerprint density at radius 2 is 1.86 bits per heavy atom. The van der Waals surface area contributed by atoms with Crippen LogP contribution >= 0.6 is 11.3 Å². The lowest BCUT2D eigenvalue weighted by Gasteiger charge is -2.27. The van der Waals surface area contributed by atoms with Gasteiger partial charge in [-0.1, -0.05) is 42.0 Å². The number of nitrogen functional groups attached to an aromatic ring is 1. The molecule has 3 heterocycles. The number of aryl methyl sites for hydroxylation is 2. The number of benzene rings is 2. The van der Waals surface area contributed by atoms with Crippen LogP contribution in [0.25, 0.3) is 0 Å². The van der Waals surface area contributed by atoms with Crippen LogP contribution in [0.3, 0.4) is 0 Å². The maximum atomic E-state index is 13.3. The minimum Gasteiger partial charge on any atom is -0.457 e. The fourth-order valence-electron chi connectivity index (χ4n) is 4.38. The zero-order chi connectivity index (χ0) is 25.9. The third-order valence-electron chi connectivity index (χ3n) is 6.21. The largest absolute Gasteiger partial charge is 0.457 e. The maximum Gasteiger partial charge on any atom is 0.312 e. The Morgan fingerprint density at radius 3 is 2.59 bits per heavy atom. The van der Waals surface area contributed by atoms with Gasteiger partial charge in [0.25, 0.3) is 0 Å². The average molecular weight is 515 g/mol. The molecule has 1 fully saturated rings. The number of hydrogen-bond donors (Lipinski definition) is 2. The van der Waals surface area contributed by atoms with E-state index >= 15 is 0 Å². The van der Waals surface area contributed by atoms with Gasteiger partial charge >= 0.3 is 5.97 Å². The molecule has 0 unspecified atom stereocenters. The van der Waals surface area contributed by atoms with Crippen molar-refractivity contribution in [3.8, 4) is 0 Å². The van der Waals surface area contributed by atoms with Crippen molar-refractivity contribution < 1.29 is 14.3 Å². The Kier molecular flexibility index (Phi) is 6.82. The molecule has 0 radical (unpaired) electrons. The quantitative estimate of drug-likeness (QED) is 0.340. The van der Waals surface area contributed by atoms with Gasteiger partial charge in [-0.15, -0.1) is 11.3 Å². The van der Waals surface area contributed by atoms with Gasteiger partial charge in [0.2, 0.25) is 17.8 Å². The van der Waals surface area contributed by atoms with E-state index < -0.39 is 17.9 Å². The summed E-state index contributed by atoms with van der Waals surface area (Å²) in [5.41, 5.74) is 9.57. The molecular formula is C27H26N6O3S. The molecule has 0 aliphatic carbocycles. The molecule has 1 aliphatic heterocycles. The lowest BCUT2D eigenvalue weighted by atomic mass is 9.99. The number of carbonyl (C=O) groups excluding carboxylic acids is 2. The Hall–Kier alpha value is -4.31. The number of carbonyl (C=O) groups is 2. The van der Waals surface area contributed by atoms with Gasteiger partial charge in [-0.05, 0) is 49.1 Å². The first-order valence-electron chi connectivity index (χ1n) is 11.8. The van der Waals surface area contributed by atoms with Crippen molar-refractivity contribution in [2.45, 2.75) is 32.9 Å². The topological polar surface area (TPSA) is 123 Å². The third kappa shape index (κ3) is 5.29. The van der Waals surface area contributed by atoms with Gasteiger partial charge in [0.1, 0.15) is 0 Å². The molecule has 2 atom stereocenters. The van der Waals surface area contributed by atoms with Crippen LogP contribution in [-0.4, -0.2) is 26.8 Å². The number of aromatic nitrogens is 3. The van der Waals surface area contributed by atoms with Crippen molar-refractivity contribution in [1.82, 2.24) is 15.0 Å². The highest BCUT2D eigenvalue weighted by molar-refractivity contribution is 7.10. The van der Waals surface area contributed by atoms with Crippen LogP contribution in [-0.2, 0) is 20.9 Å². The fourth-order valence-corrected chi connectivity index (χ4v) is 5.26. The van der Waals surface area contributed by atoms with Crippen LogP contribution in [0.4, 0.5) is 23.3 Å². The van der Waals surface area contributed by atoms with Crippen LogP contribution in [0.15, 0.2) is 66.0 Å². The van der Waals surface area contributed by atoms with Gasteiger partial charge in [-0.2, -0.15) is 15.0 Å². The number of thiophene rings is 1. The Labute approximate surface area is 218 Å². The summed E-state index contributed by atoms with van der Waals surface area (Å²) in [5.74, 6) is -0.811. The lowest BCUT2D eigenvalue weighted by molar-refractivity contribution is -0.150. The first kappa shape index (κ1) is 24.4. The number of rotatable bonds is 7. The molecule has 9 nitrogen and oxygen atoms in total. The molecule has 1 amide bonds. The fraction of sp³-hybridized carbons (Fsp3) is 0.222. The molecule has 2 aromatic heterocycles. The summed E-state index contributed by atoms with van der Waals surface area (Å²) in [6.07, 6.45) is 0.0503. The number of nitrogens with one attached hydrogen (secondary N) is 1. The van der Waals surface area contributed by atoms with E-state index in [-0.39, 0.29) is 36.7 Å². The van der Waals surface area contributed by atoms with E-state index in [9.17, 15) is 9.59 Å². The number of hydrogen-bond acceptors (Lipinski definition) is 9. The summed E-state index contributed by atoms with van der Waals surface area (Å²) >= 11 is 1.51. The lowest BCUT2D eigenvalue weighted by Crippen LogP contribution is -2.30. The molecule has 1 saturated heterocycles. The standard InChI is InChI=1S/C27H26N6O3S/c1-16-9-11-18(12-10-16)33-23(34)14-19(24(33)21-8-5-13-37-21)25(35)36-15-22-30-26(28)32-27(31-22)29-20-7-4-3-6-17(20)2/h3-13,19,24H,14-15H2,1-2H3,(H3,28,29,30,31,32)/t19-,24+/m1/s1. The predicted octanol–water partition coefficient (Wildman–Crippen LogP) is 4.71. The second-order valence-corrected chi connectivity index (χ2v) is 9.83. The van der Waals surface area contributed by atoms with E-state index in [4.69, 9.17) is 10.5 Å². The normalized spacial score (nSPS) is 17.1. The highest BCUT2D eigenvalue weighted by atomic mass is 32.1. The first-order valence-corrected chi connectivity index (χ1v) is 12.7. The van der Waals surface area contributed by atoms with E-state index in [0.29, 0.717) is 0 Å². The number of nitrogens with two attached hydrogens (primary N) is 1. The van der Waals surface area contributed by atoms with Crippen molar-refractivity contribution >= 4 is 46.5 Å². The summed E-state index contributed by atoms with van der Waals surface area (Å²) in [6, 6.07) is 18.8. The zero-order valence-corrected chi connectivity index (χ0v) is 21.2. The van der Waals surface area contributed by atoms with E-state index in [2.05, 4.69) is 20.3 Å². The molecular weight excluding hydrogens is 488 g/mol. The van der Waals surface area contributed by atoms with Gasteiger partial charge in [-0.25, -0.2) is 0 Å². The van der Waals surface area contributed by atoms with Gasteiger partial charge in [-0.3, -0.25) is 9.59 Å². The molecule has 2 aromatic carbocycles. The summed E-state index contributed by atoms with van der Waals surface area (Å²) in [5, 5.41) is 5.06. The second-order valence-electron chi connectivity index (χ2n) is 8.85. The minimum absolute atomic E-state index is 0.00943. The zero-order valence-electron chi connectivity index (χ0n) is 20.4. The highest BCUT2D eigenvalue weighted by Crippen LogP contribution is 2.43. The molecule has 1 aliphatic rings. The van der Waals surface area contributed by atoms with Crippen LogP contribution in [0.5, 0.6) is 0 Å². The molecule has 0 spiro atoms. The van der Waals surface area contributed by atoms with Crippen molar-refractivity contribution in [2.24, 2.45) is 5.92 Å². The minimum atomic E-state index is -0.670. The molecule has 5 rings (SSSR count). The van der Waals surface area contributed by atoms with Gasteiger partial charge < -0.3 is 20.7 Å². The number of para-hydroxylation sites is 1. The Balaban J connectivity index is 1.34. The van der Waals surface area contributed by atoms with Crippen LogP contribution in [0.2, 0.25) is 0 Å². The summed E-state index contributed by atoms with van der Waals surface area (Å²) in [6.45, 7) is 3.76. The van der Waals surface area contributed by atoms with E-state index in [0.717, 1.165) is 27.4 Å². The highest BCUT2D eigenvalue weighted by Gasteiger charge is 2.46. The van der Waals surface area contributed by atoms with Crippen molar-refractivity contribution in [3.05, 3.63) is 87.9 Å². The van der Waals surface area contributed by atoms with Crippen LogP contribution < -0.4 is 16.0 Å². The van der Waals surface area contributed by atoms with Gasteiger partial charge in [0.05, 0.1) is 12.0 Å².